The van der Waals surface area contributed by atoms with Gasteiger partial charge in [-0.15, -0.1) is 11.8 Å². The van der Waals surface area contributed by atoms with Gasteiger partial charge in [-0.05, 0) is 43.1 Å². The molecule has 0 amide bonds. The van der Waals surface area contributed by atoms with Crippen LogP contribution in [0, 0.1) is 39.9 Å². The number of hydrogen-bond acceptors (Lipinski definition) is 6. The van der Waals surface area contributed by atoms with Crippen molar-refractivity contribution in [2.45, 2.75) is 32.1 Å². The molecule has 1 rings (SSSR count). The number of rotatable bonds is 4. The summed E-state index contributed by atoms with van der Waals surface area (Å²) in [5.74, 6) is -1.53. The van der Waals surface area contributed by atoms with Crippen LogP contribution < -0.4 is 0 Å². The van der Waals surface area contributed by atoms with Gasteiger partial charge in [-0.25, -0.2) is 4.79 Å². The Balaban J connectivity index is 3.57. The smallest absolute Gasteiger partial charge is 0.349 e. The van der Waals surface area contributed by atoms with Crippen molar-refractivity contribution in [3.63, 3.8) is 0 Å². The second-order valence-electron chi connectivity index (χ2n) is 4.77. The van der Waals surface area contributed by atoms with Gasteiger partial charge in [-0.3, -0.25) is 0 Å². The van der Waals surface area contributed by atoms with Crippen LogP contribution in [0.25, 0.3) is 0 Å². The van der Waals surface area contributed by atoms with Crippen molar-refractivity contribution >= 4 is 17.7 Å². The summed E-state index contributed by atoms with van der Waals surface area (Å²) in [7, 11) is 1.23. The predicted octanol–water partition coefficient (Wildman–Crippen LogP) is 3.22. The van der Waals surface area contributed by atoms with E-state index in [1.165, 1.54) is 18.9 Å². The maximum absolute atomic E-state index is 11.8. The molecule has 0 aromatic heterocycles. The van der Waals surface area contributed by atoms with Crippen molar-refractivity contribution in [3.05, 3.63) is 21.6 Å². The molecule has 114 valence electrons. The third-order valence-corrected chi connectivity index (χ3v) is 4.43. The topological polar surface area (TPSA) is 97.7 Å². The number of thioether (sulfide) groups is 1. The second-order valence-corrected chi connectivity index (χ2v) is 5.58. The number of hydrogen-bond donors (Lipinski definition) is 0. The number of allylic oxidation sites excluding steroid dienone is 2. The van der Waals surface area contributed by atoms with Crippen molar-refractivity contribution < 1.29 is 9.53 Å². The zero-order valence-electron chi connectivity index (χ0n) is 12.7. The molecule has 0 spiro atoms. The summed E-state index contributed by atoms with van der Waals surface area (Å²) in [6.45, 7) is 0. The van der Waals surface area contributed by atoms with E-state index in [-0.39, 0.29) is 5.57 Å². The fraction of sp³-hybridized carbons (Fsp3) is 0.500. The summed E-state index contributed by atoms with van der Waals surface area (Å²) in [5, 5.41) is 27.7. The monoisotopic (exact) mass is 315 g/mol. The summed E-state index contributed by atoms with van der Waals surface area (Å²) < 4.78 is 4.67. The van der Waals surface area contributed by atoms with Gasteiger partial charge in [-0.2, -0.15) is 15.8 Å². The second kappa shape index (κ2) is 8.93. The highest BCUT2D eigenvalue weighted by atomic mass is 32.2. The first-order valence-corrected chi connectivity index (χ1v) is 8.15. The minimum Gasteiger partial charge on any atom is -0.465 e. The molecule has 0 aliphatic heterocycles. The Morgan fingerprint density at radius 3 is 2.32 bits per heavy atom. The van der Waals surface area contributed by atoms with Crippen LogP contribution in [0.3, 0.4) is 0 Å². The maximum Gasteiger partial charge on any atom is 0.349 e. The van der Waals surface area contributed by atoms with E-state index in [0.29, 0.717) is 17.7 Å². The molecule has 0 N–H and O–H groups in total. The number of methoxy groups -OCH3 is 1. The first-order valence-electron chi connectivity index (χ1n) is 6.92. The lowest BCUT2D eigenvalue weighted by molar-refractivity contribution is -0.135. The van der Waals surface area contributed by atoms with Crippen molar-refractivity contribution in [2.24, 2.45) is 5.92 Å². The Morgan fingerprint density at radius 1 is 1.18 bits per heavy atom. The average Bonchev–Trinajstić information content (AvgIpc) is 2.79. The van der Waals surface area contributed by atoms with Gasteiger partial charge in [0.15, 0.2) is 11.5 Å². The van der Waals surface area contributed by atoms with Gasteiger partial charge in [0, 0.05) is 4.91 Å². The van der Waals surface area contributed by atoms with Crippen LogP contribution >= 0.6 is 11.8 Å². The Morgan fingerprint density at radius 2 is 1.82 bits per heavy atom. The molecule has 0 unspecified atom stereocenters. The van der Waals surface area contributed by atoms with Crippen LogP contribution in [0.5, 0.6) is 0 Å². The summed E-state index contributed by atoms with van der Waals surface area (Å²) in [6.07, 6.45) is 5.89. The molecular weight excluding hydrogens is 298 g/mol. The van der Waals surface area contributed by atoms with E-state index in [9.17, 15) is 20.6 Å². The molecule has 1 aliphatic rings. The van der Waals surface area contributed by atoms with Gasteiger partial charge in [-0.1, -0.05) is 6.42 Å². The van der Waals surface area contributed by atoms with Gasteiger partial charge in [0.05, 0.1) is 19.2 Å². The van der Waals surface area contributed by atoms with Gasteiger partial charge >= 0.3 is 5.97 Å². The van der Waals surface area contributed by atoms with Crippen LogP contribution in [0.15, 0.2) is 21.6 Å². The summed E-state index contributed by atoms with van der Waals surface area (Å²) in [5.41, 5.74) is 1.47. The van der Waals surface area contributed by atoms with E-state index in [1.54, 1.807) is 6.26 Å². The third kappa shape index (κ3) is 3.91. The van der Waals surface area contributed by atoms with Gasteiger partial charge in [0.25, 0.3) is 0 Å². The number of nitrogens with zero attached hydrogens (tertiary/aromatic N) is 3. The molecule has 0 radical (unpaired) electrons. The van der Waals surface area contributed by atoms with E-state index < -0.39 is 11.9 Å². The minimum absolute atomic E-state index is 0.0565. The SMILES string of the molecule is COC(=O)/C(C#N)=C(/SC)C1=C(C(C#N)C#N)CCCCC1. The molecule has 22 heavy (non-hydrogen) atoms. The fourth-order valence-corrected chi connectivity index (χ4v) is 3.35. The summed E-state index contributed by atoms with van der Waals surface area (Å²) in [6, 6.07) is 5.92. The van der Waals surface area contributed by atoms with Crippen molar-refractivity contribution in [1.29, 1.82) is 15.8 Å². The van der Waals surface area contributed by atoms with Crippen molar-refractivity contribution in [1.82, 2.24) is 0 Å². The Hall–Kier alpha value is -2.23. The highest BCUT2D eigenvalue weighted by molar-refractivity contribution is 8.02. The van der Waals surface area contributed by atoms with Crippen molar-refractivity contribution in [2.75, 3.05) is 13.4 Å². The Labute approximate surface area is 134 Å². The van der Waals surface area contributed by atoms with E-state index in [2.05, 4.69) is 4.74 Å². The van der Waals surface area contributed by atoms with Gasteiger partial charge in [0.2, 0.25) is 0 Å². The van der Waals surface area contributed by atoms with Gasteiger partial charge < -0.3 is 4.74 Å². The molecule has 0 heterocycles. The fourth-order valence-electron chi connectivity index (χ4n) is 2.54. The Bertz CT molecular complexity index is 615. The van der Waals surface area contributed by atoms with Crippen LogP contribution in [-0.2, 0) is 9.53 Å². The van der Waals surface area contributed by atoms with E-state index in [0.717, 1.165) is 30.4 Å². The van der Waals surface area contributed by atoms with Crippen LogP contribution in [-0.4, -0.2) is 19.3 Å². The number of carbonyl (C=O) groups excluding carboxylic acids is 1. The number of ether oxygens (including phenoxy) is 1. The largest absolute Gasteiger partial charge is 0.465 e. The molecule has 0 saturated carbocycles. The molecule has 6 heteroatoms. The lowest BCUT2D eigenvalue weighted by Gasteiger charge is -2.16. The molecule has 0 bridgehead atoms. The highest BCUT2D eigenvalue weighted by Crippen LogP contribution is 2.38. The minimum atomic E-state index is -0.840. The molecule has 1 aliphatic carbocycles. The molecular formula is C16H17N3O2S. The molecule has 0 atom stereocenters. The number of esters is 1. The lowest BCUT2D eigenvalue weighted by atomic mass is 9.91. The van der Waals surface area contributed by atoms with E-state index >= 15 is 0 Å². The van der Waals surface area contributed by atoms with Gasteiger partial charge in [0.1, 0.15) is 6.07 Å². The number of nitriles is 3. The van der Waals surface area contributed by atoms with E-state index in [4.69, 9.17) is 0 Å². The predicted molar refractivity (Wildman–Crippen MR) is 83.0 cm³/mol. The van der Waals surface area contributed by atoms with Crippen LogP contribution in [0.1, 0.15) is 32.1 Å². The normalized spacial score (nSPS) is 16.0. The summed E-state index contributed by atoms with van der Waals surface area (Å²) in [4.78, 5) is 12.3. The molecule has 0 saturated heterocycles. The van der Waals surface area contributed by atoms with Crippen LogP contribution in [0.2, 0.25) is 0 Å². The quantitative estimate of drug-likeness (QED) is 0.449. The zero-order valence-corrected chi connectivity index (χ0v) is 13.5. The van der Waals surface area contributed by atoms with E-state index in [1.807, 2.05) is 18.2 Å². The number of carbonyl (C=O) groups is 1. The third-order valence-electron chi connectivity index (χ3n) is 3.57. The first-order chi connectivity index (χ1) is 10.6. The standard InChI is InChI=1S/C16H17N3O2S/c1-21-16(20)14(10-19)15(22-2)13-7-5-3-4-6-12(13)11(8-17)9-18/h11H,3-7H2,1-2H3/b15-14+. The highest BCUT2D eigenvalue weighted by Gasteiger charge is 2.26. The average molecular weight is 315 g/mol. The molecule has 5 nitrogen and oxygen atoms in total. The first kappa shape index (κ1) is 17.8. The summed E-state index contributed by atoms with van der Waals surface area (Å²) >= 11 is 1.28. The van der Waals surface area contributed by atoms with Crippen LogP contribution in [0.4, 0.5) is 0 Å². The van der Waals surface area contributed by atoms with Crippen molar-refractivity contribution in [3.8, 4) is 18.2 Å². The maximum atomic E-state index is 11.8. The molecule has 0 aromatic rings. The molecule has 0 aromatic carbocycles. The zero-order chi connectivity index (χ0) is 16.5. The lowest BCUT2D eigenvalue weighted by Crippen LogP contribution is -2.09. The molecule has 0 fully saturated rings. The Kier molecular flexibility index (Phi) is 7.23.